The Bertz CT molecular complexity index is 712. The molecule has 2 aromatic rings. The fraction of sp³-hybridized carbons (Fsp3) is 0.167. The molecule has 1 aromatic carbocycles. The molecule has 1 heterocycles. The summed E-state index contributed by atoms with van der Waals surface area (Å²) in [5.74, 6) is -0.795. The van der Waals surface area contributed by atoms with Gasteiger partial charge in [-0.2, -0.15) is 0 Å². The number of anilines is 1. The number of nitrogens with one attached hydrogen (secondary N) is 2. The van der Waals surface area contributed by atoms with Gasteiger partial charge in [0, 0.05) is 11.8 Å². The summed E-state index contributed by atoms with van der Waals surface area (Å²) in [7, 11) is -2.32. The summed E-state index contributed by atoms with van der Waals surface area (Å²) in [5, 5.41) is 11.7. The molecule has 0 bridgehead atoms. The van der Waals surface area contributed by atoms with Gasteiger partial charge in [-0.05, 0) is 31.3 Å². The number of furan rings is 1. The number of aromatic hydroxyl groups is 1. The van der Waals surface area contributed by atoms with Crippen LogP contribution >= 0.6 is 0 Å². The zero-order chi connectivity index (χ0) is 14.8. The Balaban J connectivity index is 2.06. The van der Waals surface area contributed by atoms with Crippen molar-refractivity contribution in [2.45, 2.75) is 11.6 Å². The van der Waals surface area contributed by atoms with E-state index in [1.54, 1.807) is 0 Å². The molecule has 0 fully saturated rings. The number of phenols is 1. The van der Waals surface area contributed by atoms with Crippen LogP contribution in [-0.2, 0) is 16.6 Å². The van der Waals surface area contributed by atoms with Crippen LogP contribution in [0.4, 0.5) is 10.1 Å². The van der Waals surface area contributed by atoms with Crippen LogP contribution in [0, 0.1) is 5.82 Å². The second-order valence-corrected chi connectivity index (χ2v) is 5.77. The van der Waals surface area contributed by atoms with E-state index in [1.807, 2.05) is 0 Å². The van der Waals surface area contributed by atoms with Crippen LogP contribution in [0.5, 0.6) is 5.75 Å². The van der Waals surface area contributed by atoms with Crippen LogP contribution in [0.2, 0.25) is 0 Å². The van der Waals surface area contributed by atoms with Gasteiger partial charge in [0.2, 0.25) is 5.09 Å². The van der Waals surface area contributed by atoms with Gasteiger partial charge in [0.25, 0.3) is 10.0 Å². The van der Waals surface area contributed by atoms with E-state index in [9.17, 15) is 12.8 Å². The van der Waals surface area contributed by atoms with Crippen molar-refractivity contribution >= 4 is 15.7 Å². The van der Waals surface area contributed by atoms with Crippen LogP contribution in [0.3, 0.4) is 0 Å². The molecule has 6 nitrogen and oxygen atoms in total. The first kappa shape index (κ1) is 14.4. The summed E-state index contributed by atoms with van der Waals surface area (Å²) >= 11 is 0. The average molecular weight is 300 g/mol. The molecule has 3 N–H and O–H groups in total. The van der Waals surface area contributed by atoms with Crippen molar-refractivity contribution in [3.63, 3.8) is 0 Å². The van der Waals surface area contributed by atoms with Crippen LogP contribution in [0.1, 0.15) is 5.76 Å². The zero-order valence-corrected chi connectivity index (χ0v) is 11.4. The van der Waals surface area contributed by atoms with Gasteiger partial charge in [0.05, 0.1) is 6.54 Å². The highest BCUT2D eigenvalue weighted by molar-refractivity contribution is 7.89. The highest BCUT2D eigenvalue weighted by atomic mass is 32.2. The Morgan fingerprint density at radius 2 is 2.05 bits per heavy atom. The quantitative estimate of drug-likeness (QED) is 0.730. The lowest BCUT2D eigenvalue weighted by Crippen LogP contribution is -2.17. The lowest BCUT2D eigenvalue weighted by atomic mass is 10.3. The number of phenolic OH excluding ortho intramolecular Hbond substituents is 1. The average Bonchev–Trinajstić information content (AvgIpc) is 2.90. The number of halogens is 1. The summed E-state index contributed by atoms with van der Waals surface area (Å²) in [5.41, 5.74) is 0.440. The topological polar surface area (TPSA) is 91.6 Å². The van der Waals surface area contributed by atoms with Crippen molar-refractivity contribution in [1.29, 1.82) is 0 Å². The summed E-state index contributed by atoms with van der Waals surface area (Å²) in [6.45, 7) is 0.184. The second kappa shape index (κ2) is 5.51. The van der Waals surface area contributed by atoms with E-state index in [2.05, 4.69) is 10.0 Å². The van der Waals surface area contributed by atoms with Crippen LogP contribution in [0.25, 0.3) is 0 Å². The molecule has 0 unspecified atom stereocenters. The van der Waals surface area contributed by atoms with E-state index in [4.69, 9.17) is 9.52 Å². The SMILES string of the molecule is CNS(=O)(=O)c1ccc(CNc2ccc(O)c(F)c2)o1. The highest BCUT2D eigenvalue weighted by Gasteiger charge is 2.16. The van der Waals surface area contributed by atoms with Crippen molar-refractivity contribution in [3.05, 3.63) is 41.9 Å². The number of rotatable bonds is 5. The molecule has 0 aliphatic rings. The van der Waals surface area contributed by atoms with E-state index in [0.717, 1.165) is 6.07 Å². The van der Waals surface area contributed by atoms with Crippen molar-refractivity contribution < 1.29 is 22.3 Å². The molecule has 0 aliphatic heterocycles. The first-order chi connectivity index (χ1) is 9.42. The number of hydrogen-bond donors (Lipinski definition) is 3. The molecule has 0 atom stereocenters. The van der Waals surface area contributed by atoms with E-state index >= 15 is 0 Å². The molecule has 0 radical (unpaired) electrons. The molecule has 0 spiro atoms. The van der Waals surface area contributed by atoms with Crippen LogP contribution in [0.15, 0.2) is 39.8 Å². The molecule has 1 aromatic heterocycles. The number of sulfonamides is 1. The minimum Gasteiger partial charge on any atom is -0.505 e. The molecule has 0 aliphatic carbocycles. The minimum absolute atomic E-state index is 0.184. The maximum atomic E-state index is 13.1. The fourth-order valence-corrected chi connectivity index (χ4v) is 2.17. The van der Waals surface area contributed by atoms with Gasteiger partial charge in [-0.3, -0.25) is 0 Å². The lowest BCUT2D eigenvalue weighted by molar-refractivity contribution is 0.417. The van der Waals surface area contributed by atoms with Gasteiger partial charge < -0.3 is 14.8 Å². The van der Waals surface area contributed by atoms with Crippen molar-refractivity contribution in [2.75, 3.05) is 12.4 Å². The van der Waals surface area contributed by atoms with Crippen molar-refractivity contribution in [2.24, 2.45) is 0 Å². The Hall–Kier alpha value is -2.06. The van der Waals surface area contributed by atoms with E-state index in [-0.39, 0.29) is 11.6 Å². The van der Waals surface area contributed by atoms with Gasteiger partial charge in [-0.1, -0.05) is 0 Å². The second-order valence-electron chi connectivity index (χ2n) is 3.95. The van der Waals surface area contributed by atoms with Gasteiger partial charge in [-0.25, -0.2) is 17.5 Å². The molecular weight excluding hydrogens is 287 g/mol. The molecule has 8 heteroatoms. The molecular formula is C12H13FN2O4S. The highest BCUT2D eigenvalue weighted by Crippen LogP contribution is 2.20. The normalized spacial score (nSPS) is 11.5. The fourth-order valence-electron chi connectivity index (χ4n) is 1.50. The minimum atomic E-state index is -3.61. The van der Waals surface area contributed by atoms with Crippen LogP contribution < -0.4 is 10.0 Å². The standard InChI is InChI=1S/C12H13FN2O4S/c1-14-20(17,18)12-5-3-9(19-12)7-15-8-2-4-11(16)10(13)6-8/h2-6,14-16H,7H2,1H3. The summed E-state index contributed by atoms with van der Waals surface area (Å²) in [6, 6.07) is 6.68. The summed E-state index contributed by atoms with van der Waals surface area (Å²) in [6.07, 6.45) is 0. The monoisotopic (exact) mass is 300 g/mol. The molecule has 0 saturated heterocycles. The van der Waals surface area contributed by atoms with Gasteiger partial charge >= 0.3 is 0 Å². The third-order valence-corrected chi connectivity index (χ3v) is 3.87. The third-order valence-electron chi connectivity index (χ3n) is 2.59. The molecule has 108 valence electrons. The smallest absolute Gasteiger partial charge is 0.273 e. The Labute approximate surface area is 115 Å². The molecule has 20 heavy (non-hydrogen) atoms. The first-order valence-corrected chi connectivity index (χ1v) is 7.15. The lowest BCUT2D eigenvalue weighted by Gasteiger charge is -2.05. The largest absolute Gasteiger partial charge is 0.505 e. The summed E-state index contributed by atoms with van der Waals surface area (Å²) in [4.78, 5) is 0. The third kappa shape index (κ3) is 3.09. The molecule has 0 amide bonds. The Morgan fingerprint density at radius 1 is 1.30 bits per heavy atom. The predicted octanol–water partition coefficient (Wildman–Crippen LogP) is 1.64. The van der Waals surface area contributed by atoms with E-state index < -0.39 is 21.6 Å². The van der Waals surface area contributed by atoms with Gasteiger partial charge in [-0.15, -0.1) is 0 Å². The van der Waals surface area contributed by atoms with E-state index in [0.29, 0.717) is 11.4 Å². The molecule has 0 saturated carbocycles. The first-order valence-electron chi connectivity index (χ1n) is 5.67. The van der Waals surface area contributed by atoms with Gasteiger partial charge in [0.1, 0.15) is 5.76 Å². The van der Waals surface area contributed by atoms with Crippen molar-refractivity contribution in [3.8, 4) is 5.75 Å². The van der Waals surface area contributed by atoms with E-state index in [1.165, 1.54) is 31.3 Å². The van der Waals surface area contributed by atoms with Crippen LogP contribution in [-0.4, -0.2) is 20.6 Å². The van der Waals surface area contributed by atoms with Gasteiger partial charge in [0.15, 0.2) is 11.6 Å². The Kier molecular flexibility index (Phi) is 3.96. The number of benzene rings is 1. The predicted molar refractivity (Wildman–Crippen MR) is 70.3 cm³/mol. The summed E-state index contributed by atoms with van der Waals surface area (Å²) < 4.78 is 43.3. The zero-order valence-electron chi connectivity index (χ0n) is 10.6. The van der Waals surface area contributed by atoms with Crippen molar-refractivity contribution in [1.82, 2.24) is 4.72 Å². The number of hydrogen-bond acceptors (Lipinski definition) is 5. The Morgan fingerprint density at radius 3 is 2.70 bits per heavy atom. The maximum absolute atomic E-state index is 13.1. The molecule has 2 rings (SSSR count). The maximum Gasteiger partial charge on any atom is 0.273 e.